The van der Waals surface area contributed by atoms with Crippen molar-refractivity contribution >= 4 is 137 Å². The molecule has 0 heterocycles. The summed E-state index contributed by atoms with van der Waals surface area (Å²) in [6.07, 6.45) is 0. The van der Waals surface area contributed by atoms with Crippen LogP contribution in [0.3, 0.4) is 0 Å². The van der Waals surface area contributed by atoms with Gasteiger partial charge in [-0.3, -0.25) is 0 Å². The minimum atomic E-state index is -0.226. The standard InChI is InChI=1S/C49H35N.C42H30N2.C41H30FN/c1-49(2)46-22-12-11-20-42(46)43-28-27-36(31-47(43)49)50(48-30-34-14-4-6-16-38(34)40-18-9-10-21-44(40)48)35-25-23-32(24-26-35)45-29-33-13-3-5-15-37(33)39-17-7-8-19-41(39)45;1-42(2)39-14-8-7-12-36(39)37-24-23-33(26-40(37)42)44(32-21-19-30(20-22-32)29-17-15-28(27-43)16-18-29)41-25-31-9-3-4-10-34(31)35-11-5-6-13-38(35)41;1-41(2)38-14-8-7-12-35(38)36-24-23-32(26-39(36)41)43(31-21-17-28(18-22-31)27-15-19-30(42)20-16-27)40-25-29-9-3-4-10-33(29)34-11-5-6-13-37(34)40/h3-31H,1-2H3;3-26H,1-2H3;3-26H,1-2H3. The Morgan fingerprint density at radius 2 is 0.423 bits per heavy atom. The number of hydrogen-bond acceptors (Lipinski definition) is 4. The molecular weight excluding hydrogens is 1660 g/mol. The summed E-state index contributed by atoms with van der Waals surface area (Å²) in [4.78, 5) is 7.27. The minimum absolute atomic E-state index is 0.0972. The highest BCUT2D eigenvalue weighted by Gasteiger charge is 2.40. The summed E-state index contributed by atoms with van der Waals surface area (Å²) in [6.45, 7) is 14.1. The molecule has 3 aliphatic carbocycles. The first-order chi connectivity index (χ1) is 67.1. The number of halogens is 1. The Balaban J connectivity index is 0.000000113. The maximum Gasteiger partial charge on any atom is 0.123 e. The van der Waals surface area contributed by atoms with E-state index in [2.05, 4.69) is 481 Å². The van der Waals surface area contributed by atoms with E-state index >= 15 is 0 Å². The smallest absolute Gasteiger partial charge is 0.123 e. The summed E-state index contributed by atoms with van der Waals surface area (Å²) in [7, 11) is 0. The van der Waals surface area contributed by atoms with Gasteiger partial charge in [-0.1, -0.05) is 387 Å². The van der Waals surface area contributed by atoms with Crippen molar-refractivity contribution in [2.24, 2.45) is 0 Å². The molecular formula is C132H95FN4. The van der Waals surface area contributed by atoms with Gasteiger partial charge < -0.3 is 14.7 Å². The van der Waals surface area contributed by atoms with Crippen LogP contribution in [0.4, 0.5) is 55.6 Å². The maximum atomic E-state index is 13.6. The minimum Gasteiger partial charge on any atom is -0.310 e. The lowest BCUT2D eigenvalue weighted by Gasteiger charge is -2.29. The van der Waals surface area contributed by atoms with E-state index in [1.807, 2.05) is 36.4 Å². The summed E-state index contributed by atoms with van der Waals surface area (Å²) < 4.78 is 13.6. The number of anilines is 9. The van der Waals surface area contributed by atoms with Crippen molar-refractivity contribution in [1.82, 2.24) is 0 Å². The van der Waals surface area contributed by atoms with Crippen molar-refractivity contribution < 1.29 is 4.39 Å². The molecule has 0 atom stereocenters. The molecule has 26 rings (SSSR count). The van der Waals surface area contributed by atoms with Gasteiger partial charge in [0.25, 0.3) is 0 Å². The van der Waals surface area contributed by atoms with E-state index in [0.717, 1.165) is 67.8 Å². The summed E-state index contributed by atoms with van der Waals surface area (Å²) >= 11 is 0. The van der Waals surface area contributed by atoms with E-state index < -0.39 is 0 Å². The van der Waals surface area contributed by atoms with Crippen LogP contribution in [0.1, 0.15) is 80.5 Å². The van der Waals surface area contributed by atoms with Crippen molar-refractivity contribution in [1.29, 1.82) is 5.26 Å². The molecule has 0 N–H and O–H groups in total. The van der Waals surface area contributed by atoms with Crippen molar-refractivity contribution in [3.05, 3.63) is 512 Å². The Kier molecular flexibility index (Phi) is 20.2. The summed E-state index contributed by atoms with van der Waals surface area (Å²) in [5.74, 6) is -0.226. The first-order valence-electron chi connectivity index (χ1n) is 47.4. The lowest BCUT2D eigenvalue weighted by atomic mass is 9.82. The topological polar surface area (TPSA) is 33.5 Å². The van der Waals surface area contributed by atoms with E-state index in [0.29, 0.717) is 5.56 Å². The van der Waals surface area contributed by atoms with E-state index in [-0.39, 0.29) is 22.1 Å². The molecule has 0 fully saturated rings. The maximum absolute atomic E-state index is 13.6. The predicted molar refractivity (Wildman–Crippen MR) is 577 cm³/mol. The SMILES string of the molecule is CC1(C)c2ccccc2-c2ccc(N(c3ccc(-c4cc5ccccc5c5ccccc45)cc3)c3cc4ccccc4c4ccccc34)cc21.CC1(C)c2ccccc2-c2ccc(N(c3ccc(-c4ccc(C#N)cc4)cc3)c3cc4ccccc4c4ccccc34)cc21.CC1(C)c2ccccc2-c2ccc(N(c3ccc(-c4ccc(F)cc4)cc3)c3cc4ccccc4c4ccccc34)cc21. The Morgan fingerprint density at radius 1 is 0.190 bits per heavy atom. The van der Waals surface area contributed by atoms with Crippen LogP contribution < -0.4 is 14.7 Å². The van der Waals surface area contributed by atoms with Crippen LogP contribution in [-0.2, 0) is 16.2 Å². The molecule has 0 saturated heterocycles. The van der Waals surface area contributed by atoms with Gasteiger partial charge in [0.15, 0.2) is 0 Å². The average Bonchev–Trinajstić information content (AvgIpc) is 1.54. The summed E-state index contributed by atoms with van der Waals surface area (Å²) in [5, 5.41) is 29.2. The third kappa shape index (κ3) is 14.2. The second-order valence-electron chi connectivity index (χ2n) is 38.2. The normalized spacial score (nSPS) is 13.1. The van der Waals surface area contributed by atoms with Gasteiger partial charge in [0.2, 0.25) is 0 Å². The van der Waals surface area contributed by atoms with Crippen LogP contribution in [-0.4, -0.2) is 0 Å². The third-order valence-electron chi connectivity index (χ3n) is 29.4. The molecule has 650 valence electrons. The molecule has 3 aliphatic rings. The quantitative estimate of drug-likeness (QED) is 0.114. The molecule has 0 unspecified atom stereocenters. The fraction of sp³-hybridized carbons (Fsp3) is 0.0682. The fourth-order valence-electron chi connectivity index (χ4n) is 22.5. The molecule has 0 radical (unpaired) electrons. The Hall–Kier alpha value is -17.0. The van der Waals surface area contributed by atoms with E-state index in [1.165, 1.54) is 182 Å². The van der Waals surface area contributed by atoms with Gasteiger partial charge in [-0.05, 0) is 291 Å². The lowest BCUT2D eigenvalue weighted by molar-refractivity contribution is 0.628. The highest BCUT2D eigenvalue weighted by molar-refractivity contribution is 6.19. The molecule has 4 nitrogen and oxygen atoms in total. The number of nitrogens with zero attached hydrogens (tertiary/aromatic N) is 4. The molecule has 0 aromatic heterocycles. The predicted octanol–water partition coefficient (Wildman–Crippen LogP) is 36.6. The van der Waals surface area contributed by atoms with Crippen LogP contribution in [0, 0.1) is 17.1 Å². The summed E-state index contributed by atoms with van der Waals surface area (Å²) in [6, 6.07) is 170. The Morgan fingerprint density at radius 3 is 0.745 bits per heavy atom. The Bertz CT molecular complexity index is 8820. The van der Waals surface area contributed by atoms with Gasteiger partial charge in [-0.25, -0.2) is 4.39 Å². The third-order valence-corrected chi connectivity index (χ3v) is 29.4. The van der Waals surface area contributed by atoms with Gasteiger partial charge in [-0.2, -0.15) is 5.26 Å². The van der Waals surface area contributed by atoms with Crippen LogP contribution in [0.5, 0.6) is 0 Å². The zero-order valence-corrected chi connectivity index (χ0v) is 77.1. The fourth-order valence-corrected chi connectivity index (χ4v) is 22.5. The highest BCUT2D eigenvalue weighted by atomic mass is 19.1. The van der Waals surface area contributed by atoms with Crippen molar-refractivity contribution in [3.63, 3.8) is 0 Å². The molecule has 5 heteroatoms. The molecule has 137 heavy (non-hydrogen) atoms. The molecule has 0 saturated carbocycles. The first-order valence-corrected chi connectivity index (χ1v) is 47.4. The van der Waals surface area contributed by atoms with E-state index in [9.17, 15) is 9.65 Å². The average molecular weight is 1760 g/mol. The number of rotatable bonds is 12. The molecule has 23 aromatic carbocycles. The number of nitriles is 1. The highest BCUT2D eigenvalue weighted by Crippen LogP contribution is 2.57. The zero-order chi connectivity index (χ0) is 92.4. The van der Waals surface area contributed by atoms with E-state index in [4.69, 9.17) is 0 Å². The number of hydrogen-bond donors (Lipinski definition) is 0. The summed E-state index contributed by atoms with van der Waals surface area (Å²) in [5.41, 5.74) is 33.4. The van der Waals surface area contributed by atoms with Gasteiger partial charge in [-0.15, -0.1) is 0 Å². The van der Waals surface area contributed by atoms with Gasteiger partial charge in [0.1, 0.15) is 5.82 Å². The number of fused-ring (bicyclic) bond motifs is 21. The van der Waals surface area contributed by atoms with Crippen molar-refractivity contribution in [2.45, 2.75) is 57.8 Å². The second-order valence-corrected chi connectivity index (χ2v) is 38.2. The number of benzene rings is 23. The van der Waals surface area contributed by atoms with Crippen molar-refractivity contribution in [2.75, 3.05) is 14.7 Å². The van der Waals surface area contributed by atoms with Crippen molar-refractivity contribution in [3.8, 4) is 72.8 Å². The first kappa shape index (κ1) is 83.1. The molecule has 0 spiro atoms. The molecule has 0 amide bonds. The molecule has 0 bridgehead atoms. The second kappa shape index (κ2) is 33.3. The van der Waals surface area contributed by atoms with Crippen LogP contribution in [0.25, 0.3) is 153 Å². The van der Waals surface area contributed by atoms with Crippen LogP contribution in [0.15, 0.2) is 467 Å². The lowest BCUT2D eigenvalue weighted by Crippen LogP contribution is -2.16. The Labute approximate surface area is 798 Å². The zero-order valence-electron chi connectivity index (χ0n) is 77.1. The monoisotopic (exact) mass is 1750 g/mol. The largest absolute Gasteiger partial charge is 0.310 e. The van der Waals surface area contributed by atoms with Gasteiger partial charge >= 0.3 is 0 Å². The van der Waals surface area contributed by atoms with Gasteiger partial charge in [0, 0.05) is 66.5 Å². The molecule has 23 aromatic rings. The van der Waals surface area contributed by atoms with Crippen LogP contribution in [0.2, 0.25) is 0 Å². The molecule has 0 aliphatic heterocycles. The van der Waals surface area contributed by atoms with Crippen LogP contribution >= 0.6 is 0 Å². The van der Waals surface area contributed by atoms with Gasteiger partial charge in [0.05, 0.1) is 28.7 Å². The van der Waals surface area contributed by atoms with E-state index in [1.54, 1.807) is 0 Å².